The van der Waals surface area contributed by atoms with Crippen LogP contribution in [0.25, 0.3) is 0 Å². The smallest absolute Gasteiger partial charge is 0.314 e. The molecule has 0 radical (unpaired) electrons. The van der Waals surface area contributed by atoms with Crippen LogP contribution in [0.3, 0.4) is 0 Å². The van der Waals surface area contributed by atoms with Crippen LogP contribution in [0.15, 0.2) is 42.5 Å². The van der Waals surface area contributed by atoms with Gasteiger partial charge in [0.2, 0.25) is 0 Å². The molecule has 1 aliphatic carbocycles. The number of hydrogen-bond acceptors (Lipinski definition) is 5. The van der Waals surface area contributed by atoms with Crippen LogP contribution < -0.4 is 14.8 Å². The minimum atomic E-state index is -0.924. The number of carbonyl (C=O) groups is 2. The molecule has 9 heteroatoms. The van der Waals surface area contributed by atoms with Gasteiger partial charge in [0.05, 0.1) is 37.3 Å². The van der Waals surface area contributed by atoms with E-state index >= 15 is 0 Å². The zero-order valence-corrected chi connectivity index (χ0v) is 19.1. The minimum absolute atomic E-state index is 0.205. The van der Waals surface area contributed by atoms with Gasteiger partial charge in [-0.05, 0) is 49.1 Å². The SMILES string of the molecule is CCOC(=O)C(c1ccc(OC)c(OC)c1)C1C=CC(NC(=O)c2c(F)ccc(F)c2Cl)C1. The van der Waals surface area contributed by atoms with E-state index < -0.39 is 46.1 Å². The van der Waals surface area contributed by atoms with Crippen molar-refractivity contribution < 1.29 is 32.6 Å². The van der Waals surface area contributed by atoms with E-state index in [0.717, 1.165) is 12.1 Å². The van der Waals surface area contributed by atoms with Crippen molar-refractivity contribution in [2.45, 2.75) is 25.3 Å². The molecule has 6 nitrogen and oxygen atoms in total. The monoisotopic (exact) mass is 479 g/mol. The number of ether oxygens (including phenoxy) is 3. The third kappa shape index (κ3) is 5.27. The average Bonchev–Trinajstić information content (AvgIpc) is 3.24. The molecule has 0 spiro atoms. The van der Waals surface area contributed by atoms with Gasteiger partial charge in [-0.2, -0.15) is 0 Å². The number of benzene rings is 2. The molecule has 1 amide bonds. The third-order valence-corrected chi connectivity index (χ3v) is 5.81. The van der Waals surface area contributed by atoms with Gasteiger partial charge in [0.25, 0.3) is 5.91 Å². The van der Waals surface area contributed by atoms with Crippen molar-refractivity contribution in [2.24, 2.45) is 5.92 Å². The number of hydrogen-bond donors (Lipinski definition) is 1. The second-order valence-corrected chi connectivity index (χ2v) is 7.80. The summed E-state index contributed by atoms with van der Waals surface area (Å²) in [6.45, 7) is 1.92. The maximum Gasteiger partial charge on any atom is 0.314 e. The Labute approximate surface area is 195 Å². The highest BCUT2D eigenvalue weighted by molar-refractivity contribution is 6.34. The molecule has 3 rings (SSSR count). The summed E-state index contributed by atoms with van der Waals surface area (Å²) in [4.78, 5) is 25.4. The maximum atomic E-state index is 14.1. The van der Waals surface area contributed by atoms with Crippen LogP contribution >= 0.6 is 11.6 Å². The lowest BCUT2D eigenvalue weighted by atomic mass is 9.85. The zero-order chi connectivity index (χ0) is 24.1. The molecule has 0 heterocycles. The summed E-state index contributed by atoms with van der Waals surface area (Å²) in [5.41, 5.74) is 0.0993. The summed E-state index contributed by atoms with van der Waals surface area (Å²) in [5.74, 6) is -3.09. The van der Waals surface area contributed by atoms with Crippen LogP contribution in [-0.4, -0.2) is 38.7 Å². The van der Waals surface area contributed by atoms with E-state index in [0.29, 0.717) is 23.5 Å². The zero-order valence-electron chi connectivity index (χ0n) is 18.4. The van der Waals surface area contributed by atoms with Crippen molar-refractivity contribution in [3.63, 3.8) is 0 Å². The molecule has 1 aliphatic rings. The summed E-state index contributed by atoms with van der Waals surface area (Å²) < 4.78 is 43.7. The Hall–Kier alpha value is -3.13. The second-order valence-electron chi connectivity index (χ2n) is 7.43. The molecular weight excluding hydrogens is 456 g/mol. The van der Waals surface area contributed by atoms with Gasteiger partial charge in [0.1, 0.15) is 11.6 Å². The van der Waals surface area contributed by atoms with Crippen LogP contribution in [-0.2, 0) is 9.53 Å². The molecule has 33 heavy (non-hydrogen) atoms. The minimum Gasteiger partial charge on any atom is -0.493 e. The van der Waals surface area contributed by atoms with Gasteiger partial charge in [-0.3, -0.25) is 9.59 Å². The van der Waals surface area contributed by atoms with Crippen molar-refractivity contribution in [2.75, 3.05) is 20.8 Å². The van der Waals surface area contributed by atoms with E-state index in [1.54, 1.807) is 37.3 Å². The molecule has 3 atom stereocenters. The van der Waals surface area contributed by atoms with Crippen LogP contribution in [0.5, 0.6) is 11.5 Å². The highest BCUT2D eigenvalue weighted by Gasteiger charge is 2.35. The van der Waals surface area contributed by atoms with Crippen LogP contribution in [0, 0.1) is 17.6 Å². The largest absolute Gasteiger partial charge is 0.493 e. The fraction of sp³-hybridized carbons (Fsp3) is 0.333. The standard InChI is InChI=1S/C24H24ClF2NO5/c1-4-33-24(30)20(14-6-10-18(31-2)19(12-14)32-3)13-5-7-15(11-13)28-23(29)21-16(26)8-9-17(27)22(21)25/h5-10,12-13,15,20H,4,11H2,1-3H3,(H,28,29). The van der Waals surface area contributed by atoms with Crippen LogP contribution in [0.4, 0.5) is 8.78 Å². The van der Waals surface area contributed by atoms with Gasteiger partial charge in [0, 0.05) is 6.04 Å². The lowest BCUT2D eigenvalue weighted by Crippen LogP contribution is -2.34. The van der Waals surface area contributed by atoms with E-state index in [1.165, 1.54) is 14.2 Å². The first kappa shape index (κ1) is 24.5. The highest BCUT2D eigenvalue weighted by Crippen LogP contribution is 2.38. The Morgan fingerprint density at radius 3 is 2.45 bits per heavy atom. The topological polar surface area (TPSA) is 73.9 Å². The molecule has 0 aromatic heterocycles. The number of esters is 1. The van der Waals surface area contributed by atoms with Gasteiger partial charge in [0.15, 0.2) is 11.5 Å². The van der Waals surface area contributed by atoms with Gasteiger partial charge in [-0.15, -0.1) is 0 Å². The number of amides is 1. The lowest BCUT2D eigenvalue weighted by Gasteiger charge is -2.23. The molecule has 2 aromatic carbocycles. The lowest BCUT2D eigenvalue weighted by molar-refractivity contribution is -0.146. The van der Waals surface area contributed by atoms with Crippen molar-refractivity contribution in [1.82, 2.24) is 5.32 Å². The van der Waals surface area contributed by atoms with Crippen LogP contribution in [0.2, 0.25) is 5.02 Å². The molecule has 176 valence electrons. The predicted molar refractivity (Wildman–Crippen MR) is 119 cm³/mol. The maximum absolute atomic E-state index is 14.1. The Morgan fingerprint density at radius 2 is 1.79 bits per heavy atom. The number of nitrogens with one attached hydrogen (secondary N) is 1. The average molecular weight is 480 g/mol. The molecule has 3 unspecified atom stereocenters. The molecule has 0 aliphatic heterocycles. The van der Waals surface area contributed by atoms with E-state index in [9.17, 15) is 18.4 Å². The Bertz CT molecular complexity index is 1080. The second kappa shape index (κ2) is 10.7. The van der Waals surface area contributed by atoms with Crippen LogP contribution in [0.1, 0.15) is 35.2 Å². The summed E-state index contributed by atoms with van der Waals surface area (Å²) in [6, 6.07) is 6.35. The molecule has 0 bridgehead atoms. The van der Waals surface area contributed by atoms with Gasteiger partial charge < -0.3 is 19.5 Å². The third-order valence-electron chi connectivity index (χ3n) is 5.44. The molecule has 0 saturated carbocycles. The first-order valence-corrected chi connectivity index (χ1v) is 10.7. The first-order chi connectivity index (χ1) is 15.8. The summed E-state index contributed by atoms with van der Waals surface area (Å²) in [7, 11) is 3.01. The molecule has 2 aromatic rings. The molecular formula is C24H24ClF2NO5. The predicted octanol–water partition coefficient (Wildman–Crippen LogP) is 4.66. The quantitative estimate of drug-likeness (QED) is 0.339. The fourth-order valence-corrected chi connectivity index (χ4v) is 4.13. The van der Waals surface area contributed by atoms with E-state index in [-0.39, 0.29) is 12.5 Å². The number of carbonyl (C=O) groups excluding carboxylic acids is 2. The van der Waals surface area contributed by atoms with Crippen molar-refractivity contribution in [3.8, 4) is 11.5 Å². The van der Waals surface area contributed by atoms with E-state index in [1.807, 2.05) is 0 Å². The van der Waals surface area contributed by atoms with E-state index in [2.05, 4.69) is 5.32 Å². The first-order valence-electron chi connectivity index (χ1n) is 10.3. The molecule has 0 saturated heterocycles. The van der Waals surface area contributed by atoms with Gasteiger partial charge in [-0.25, -0.2) is 8.78 Å². The normalized spacial score (nSPS) is 18.0. The molecule has 1 N–H and O–H groups in total. The van der Waals surface area contributed by atoms with Gasteiger partial charge >= 0.3 is 5.97 Å². The fourth-order valence-electron chi connectivity index (χ4n) is 3.89. The van der Waals surface area contributed by atoms with E-state index in [4.69, 9.17) is 25.8 Å². The summed E-state index contributed by atoms with van der Waals surface area (Å²) in [5, 5.41) is 2.06. The van der Waals surface area contributed by atoms with Gasteiger partial charge in [-0.1, -0.05) is 29.8 Å². The number of allylic oxidation sites excluding steroid dienone is 1. The highest BCUT2D eigenvalue weighted by atomic mass is 35.5. The Morgan fingerprint density at radius 1 is 1.09 bits per heavy atom. The van der Waals surface area contributed by atoms with Crippen molar-refractivity contribution in [3.05, 3.63) is 70.3 Å². The number of halogens is 3. The summed E-state index contributed by atoms with van der Waals surface area (Å²) >= 11 is 5.79. The summed E-state index contributed by atoms with van der Waals surface area (Å²) in [6.07, 6.45) is 3.85. The Balaban J connectivity index is 1.81. The molecule has 0 fully saturated rings. The number of rotatable bonds is 8. The van der Waals surface area contributed by atoms with Crippen molar-refractivity contribution in [1.29, 1.82) is 0 Å². The Kier molecular flexibility index (Phi) is 7.92. The number of methoxy groups -OCH3 is 2. The van der Waals surface area contributed by atoms with Crippen molar-refractivity contribution >= 4 is 23.5 Å².